The second-order valence-corrected chi connectivity index (χ2v) is 9.25. The Bertz CT molecular complexity index is 1580. The number of rotatable bonds is 12. The Kier molecular flexibility index (Phi) is 12.2. The molecule has 0 spiro atoms. The fourth-order valence-electron chi connectivity index (χ4n) is 3.72. The highest BCUT2D eigenvalue weighted by Crippen LogP contribution is 2.17. The van der Waals surface area contributed by atoms with Gasteiger partial charge in [0.2, 0.25) is 0 Å². The van der Waals surface area contributed by atoms with E-state index in [1.807, 2.05) is 28.9 Å². The van der Waals surface area contributed by atoms with E-state index in [2.05, 4.69) is 26.0 Å². The normalized spacial score (nSPS) is 11.4. The van der Waals surface area contributed by atoms with Gasteiger partial charge in [0.15, 0.2) is 0 Å². The number of carbonyl (C=O) groups is 4. The number of aromatic nitrogens is 3. The van der Waals surface area contributed by atoms with Crippen LogP contribution in [-0.2, 0) is 27.5 Å². The lowest BCUT2D eigenvalue weighted by Crippen LogP contribution is -2.48. The maximum absolute atomic E-state index is 12.7. The van der Waals surface area contributed by atoms with E-state index in [4.69, 9.17) is 14.6 Å². The van der Waals surface area contributed by atoms with Crippen molar-refractivity contribution in [1.29, 1.82) is 0 Å². The molecule has 2 aromatic carbocycles. The molecule has 16 heteroatoms. The number of aryl methyl sites for hydroxylation is 1. The van der Waals surface area contributed by atoms with Crippen LogP contribution in [0.4, 0.5) is 23.8 Å². The zero-order valence-corrected chi connectivity index (χ0v) is 23.5. The summed E-state index contributed by atoms with van der Waals surface area (Å²) in [5, 5.41) is 29.8. The highest BCUT2D eigenvalue weighted by atomic mass is 19.4. The molecule has 0 radical (unpaired) electrons. The SMILES string of the molecule is O=C(N[C@@H](CNC(=O)c1ccc2c(cnn2CCCNc2ccccn2)c1)C(=O)O)OCc1ccccc1.O=C(O)C(F)(F)F. The first-order chi connectivity index (χ1) is 21.4. The van der Waals surface area contributed by atoms with Gasteiger partial charge in [0, 0.05) is 36.8 Å². The van der Waals surface area contributed by atoms with Crippen LogP contribution in [0.2, 0.25) is 0 Å². The Morgan fingerprint density at radius 2 is 1.69 bits per heavy atom. The van der Waals surface area contributed by atoms with Gasteiger partial charge in [-0.1, -0.05) is 36.4 Å². The molecule has 45 heavy (non-hydrogen) atoms. The number of anilines is 1. The van der Waals surface area contributed by atoms with Crippen LogP contribution < -0.4 is 16.0 Å². The van der Waals surface area contributed by atoms with Crippen LogP contribution in [0.25, 0.3) is 10.9 Å². The molecule has 0 unspecified atom stereocenters. The van der Waals surface area contributed by atoms with Crippen molar-refractivity contribution in [3.63, 3.8) is 0 Å². The van der Waals surface area contributed by atoms with E-state index in [0.29, 0.717) is 12.1 Å². The average Bonchev–Trinajstić information content (AvgIpc) is 3.43. The van der Waals surface area contributed by atoms with Crippen LogP contribution in [0.15, 0.2) is 79.1 Å². The lowest BCUT2D eigenvalue weighted by molar-refractivity contribution is -0.192. The van der Waals surface area contributed by atoms with Crippen molar-refractivity contribution in [3.8, 4) is 0 Å². The minimum Gasteiger partial charge on any atom is -0.480 e. The van der Waals surface area contributed by atoms with Crippen molar-refractivity contribution < 1.29 is 47.3 Å². The van der Waals surface area contributed by atoms with Crippen LogP contribution >= 0.6 is 0 Å². The molecule has 5 N–H and O–H groups in total. The van der Waals surface area contributed by atoms with Crippen molar-refractivity contribution in [2.24, 2.45) is 0 Å². The van der Waals surface area contributed by atoms with Crippen LogP contribution in [0.1, 0.15) is 22.3 Å². The number of nitrogens with zero attached hydrogens (tertiary/aromatic N) is 3. The number of alkyl carbamates (subject to hydrolysis) is 1. The predicted molar refractivity (Wildman–Crippen MR) is 154 cm³/mol. The zero-order chi connectivity index (χ0) is 32.8. The van der Waals surface area contributed by atoms with Crippen LogP contribution in [-0.4, -0.2) is 74.2 Å². The van der Waals surface area contributed by atoms with Crippen LogP contribution in [0.5, 0.6) is 0 Å². The first-order valence-corrected chi connectivity index (χ1v) is 13.3. The number of benzene rings is 2. The molecular formula is C29H29F3N6O7. The molecule has 0 fully saturated rings. The number of nitrogens with one attached hydrogen (secondary N) is 3. The molecule has 0 bridgehead atoms. The van der Waals surface area contributed by atoms with Gasteiger partial charge >= 0.3 is 24.2 Å². The zero-order valence-electron chi connectivity index (χ0n) is 23.5. The fourth-order valence-corrected chi connectivity index (χ4v) is 3.72. The number of alkyl halides is 3. The Balaban J connectivity index is 0.000000707. The van der Waals surface area contributed by atoms with Crippen molar-refractivity contribution >= 4 is 40.7 Å². The van der Waals surface area contributed by atoms with Gasteiger partial charge < -0.3 is 30.9 Å². The second kappa shape index (κ2) is 16.3. The van der Waals surface area contributed by atoms with Gasteiger partial charge in [-0.3, -0.25) is 9.48 Å². The van der Waals surface area contributed by atoms with E-state index in [-0.39, 0.29) is 13.2 Å². The first-order valence-electron chi connectivity index (χ1n) is 13.3. The number of carbonyl (C=O) groups excluding carboxylic acids is 2. The molecule has 2 amide bonds. The number of fused-ring (bicyclic) bond motifs is 1. The maximum atomic E-state index is 12.7. The quantitative estimate of drug-likeness (QED) is 0.145. The lowest BCUT2D eigenvalue weighted by atomic mass is 10.1. The van der Waals surface area contributed by atoms with E-state index < -0.39 is 36.2 Å². The third-order valence-corrected chi connectivity index (χ3v) is 5.93. The molecule has 0 saturated carbocycles. The lowest BCUT2D eigenvalue weighted by Gasteiger charge is -2.15. The highest BCUT2D eigenvalue weighted by molar-refractivity contribution is 5.98. The largest absolute Gasteiger partial charge is 0.490 e. The molecule has 2 aromatic heterocycles. The Morgan fingerprint density at radius 1 is 0.978 bits per heavy atom. The average molecular weight is 631 g/mol. The number of hydrogen-bond donors (Lipinski definition) is 5. The molecule has 0 aliphatic rings. The van der Waals surface area contributed by atoms with Crippen molar-refractivity contribution in [3.05, 3.63) is 90.3 Å². The first kappa shape index (κ1) is 33.8. The van der Waals surface area contributed by atoms with Crippen molar-refractivity contribution in [2.75, 3.05) is 18.4 Å². The number of carboxylic acid groups (broad SMARTS) is 2. The van der Waals surface area contributed by atoms with Gasteiger partial charge in [-0.15, -0.1) is 0 Å². The second-order valence-electron chi connectivity index (χ2n) is 9.25. The standard InChI is InChI=1S/C27H28N6O5.C2HF3O2/c34-25(30-17-22(26(35)36)32-27(37)38-18-19-7-2-1-3-8-19)20-10-11-23-21(15-20)16-31-33(23)14-6-13-29-24-9-4-5-12-28-24;3-2(4,5)1(6)7/h1-5,7-12,15-16,22H,6,13-14,17-18H2,(H,28,29)(H,30,34)(H,32,37)(H,35,36);(H,6,7)/t22-;/m0./s1. The minimum absolute atomic E-state index is 0.000184. The summed E-state index contributed by atoms with van der Waals surface area (Å²) in [5.74, 6) is -3.70. The van der Waals surface area contributed by atoms with E-state index in [0.717, 1.165) is 35.2 Å². The highest BCUT2D eigenvalue weighted by Gasteiger charge is 2.38. The summed E-state index contributed by atoms with van der Waals surface area (Å²) >= 11 is 0. The summed E-state index contributed by atoms with van der Waals surface area (Å²) in [6.45, 7) is 1.10. The summed E-state index contributed by atoms with van der Waals surface area (Å²) in [6.07, 6.45) is -1.73. The summed E-state index contributed by atoms with van der Waals surface area (Å²) < 4.78 is 38.7. The molecule has 1 atom stereocenters. The van der Waals surface area contributed by atoms with Gasteiger partial charge in [-0.2, -0.15) is 18.3 Å². The fraction of sp³-hybridized carbons (Fsp3) is 0.241. The Hall–Kier alpha value is -5.67. The van der Waals surface area contributed by atoms with E-state index in [1.165, 1.54) is 0 Å². The van der Waals surface area contributed by atoms with Gasteiger partial charge in [-0.05, 0) is 42.3 Å². The third-order valence-electron chi connectivity index (χ3n) is 5.93. The number of hydrogen-bond acceptors (Lipinski definition) is 8. The number of aliphatic carboxylic acids is 2. The smallest absolute Gasteiger partial charge is 0.480 e. The maximum Gasteiger partial charge on any atom is 0.490 e. The number of halogens is 3. The van der Waals surface area contributed by atoms with E-state index >= 15 is 0 Å². The molecule has 0 saturated heterocycles. The molecule has 0 aliphatic carbocycles. The number of amides is 2. The number of carboxylic acids is 2. The predicted octanol–water partition coefficient (Wildman–Crippen LogP) is 3.68. The minimum atomic E-state index is -5.08. The Morgan fingerprint density at radius 3 is 2.33 bits per heavy atom. The summed E-state index contributed by atoms with van der Waals surface area (Å²) in [7, 11) is 0. The topological polar surface area (TPSA) is 185 Å². The summed E-state index contributed by atoms with van der Waals surface area (Å²) in [6, 6.07) is 18.5. The molecule has 2 heterocycles. The third kappa shape index (κ3) is 11.2. The molecule has 238 valence electrons. The number of pyridine rings is 1. The van der Waals surface area contributed by atoms with Gasteiger partial charge in [0.25, 0.3) is 5.91 Å². The van der Waals surface area contributed by atoms with Crippen LogP contribution in [0.3, 0.4) is 0 Å². The van der Waals surface area contributed by atoms with Crippen molar-refractivity contribution in [2.45, 2.75) is 31.8 Å². The molecule has 4 aromatic rings. The van der Waals surface area contributed by atoms with Crippen LogP contribution in [0, 0.1) is 0 Å². The summed E-state index contributed by atoms with van der Waals surface area (Å²) in [4.78, 5) is 49.4. The number of ether oxygens (including phenoxy) is 1. The van der Waals surface area contributed by atoms with Gasteiger partial charge in [0.05, 0.1) is 11.7 Å². The monoisotopic (exact) mass is 630 g/mol. The summed E-state index contributed by atoms with van der Waals surface area (Å²) in [5.41, 5.74) is 2.00. The molecule has 4 rings (SSSR count). The molecule has 13 nitrogen and oxygen atoms in total. The van der Waals surface area contributed by atoms with E-state index in [9.17, 15) is 32.7 Å². The molecule has 0 aliphatic heterocycles. The van der Waals surface area contributed by atoms with E-state index in [1.54, 1.807) is 54.9 Å². The van der Waals surface area contributed by atoms with Gasteiger partial charge in [0.1, 0.15) is 18.5 Å². The molecular weight excluding hydrogens is 601 g/mol. The van der Waals surface area contributed by atoms with Gasteiger partial charge in [-0.25, -0.2) is 19.4 Å². The Labute approximate surface area is 254 Å². The van der Waals surface area contributed by atoms with Crippen molar-refractivity contribution in [1.82, 2.24) is 25.4 Å².